The molecule has 1 fully saturated rings. The Morgan fingerprint density at radius 3 is 2.30 bits per heavy atom. The van der Waals surface area contributed by atoms with Crippen molar-refractivity contribution < 1.29 is 60.8 Å². The van der Waals surface area contributed by atoms with Gasteiger partial charge >= 0.3 is 26.3 Å². The fourth-order valence-corrected chi connectivity index (χ4v) is 5.40. The molecule has 0 aliphatic carbocycles. The van der Waals surface area contributed by atoms with Gasteiger partial charge in [0.15, 0.2) is 6.23 Å². The van der Waals surface area contributed by atoms with Crippen LogP contribution in [0.15, 0.2) is 40.1 Å². The zero-order chi connectivity index (χ0) is 27.9. The van der Waals surface area contributed by atoms with E-state index in [1.165, 1.54) is 0 Å². The number of aromatic nitrogens is 2. The molecule has 206 valence electrons. The summed E-state index contributed by atoms with van der Waals surface area (Å²) in [6, 6.07) is 3.54. The maximum atomic E-state index is 13.9. The number of aliphatic hydroxyl groups is 2. The second-order valence-corrected chi connectivity index (χ2v) is 11.8. The van der Waals surface area contributed by atoms with Crippen molar-refractivity contribution in [1.82, 2.24) is 9.13 Å². The second-order valence-electron chi connectivity index (χ2n) is 7.90. The van der Waals surface area contributed by atoms with Crippen molar-refractivity contribution in [2.45, 2.75) is 42.9 Å². The first-order valence-electron chi connectivity index (χ1n) is 10.2. The van der Waals surface area contributed by atoms with Gasteiger partial charge in [0.2, 0.25) is 0 Å². The van der Waals surface area contributed by atoms with E-state index in [2.05, 4.69) is 4.52 Å². The lowest BCUT2D eigenvalue weighted by atomic mass is 10.1. The zero-order valence-corrected chi connectivity index (χ0v) is 20.1. The Bertz CT molecular complexity index is 1380. The lowest BCUT2D eigenvalue weighted by molar-refractivity contribution is -0.0551. The molecule has 0 radical (unpaired) electrons. The highest BCUT2D eigenvalue weighted by Gasteiger charge is 2.65. The van der Waals surface area contributed by atoms with E-state index in [0.717, 1.165) is 24.4 Å². The van der Waals surface area contributed by atoms with E-state index in [0.29, 0.717) is 15.2 Å². The monoisotopic (exact) mass is 578 g/mol. The van der Waals surface area contributed by atoms with E-state index in [1.807, 2.05) is 0 Å². The largest absolute Gasteiger partial charge is 0.443 e. The Morgan fingerprint density at radius 2 is 1.70 bits per heavy atom. The summed E-state index contributed by atoms with van der Waals surface area (Å²) in [6.45, 7) is -1.76. The smallest absolute Gasteiger partial charge is 0.387 e. The molecule has 2 heterocycles. The van der Waals surface area contributed by atoms with Crippen LogP contribution in [0, 0.1) is 11.6 Å². The molecular formula is C18H20F4N2O11P2. The van der Waals surface area contributed by atoms with Gasteiger partial charge in [-0.05, 0) is 18.1 Å². The summed E-state index contributed by atoms with van der Waals surface area (Å²) < 4.78 is 87.2. The Morgan fingerprint density at radius 1 is 1.05 bits per heavy atom. The second kappa shape index (κ2) is 10.5. The van der Waals surface area contributed by atoms with E-state index in [9.17, 15) is 51.4 Å². The SMILES string of the molecule is O=c1ccn([C@@H]2O[C@H](COP(=O)(O)C(F)(F)P(=O)(O)O)C(O)[C@@H]2O)c(=O)n1CCc1ccc(F)cc1F. The number of aryl methyl sites for hydroxylation is 1. The van der Waals surface area contributed by atoms with Gasteiger partial charge in [0.25, 0.3) is 5.56 Å². The summed E-state index contributed by atoms with van der Waals surface area (Å²) >= 11 is 0. The number of aliphatic hydroxyl groups excluding tert-OH is 2. The average molecular weight is 578 g/mol. The number of rotatable bonds is 9. The zero-order valence-electron chi connectivity index (χ0n) is 18.3. The lowest BCUT2D eigenvalue weighted by Crippen LogP contribution is -2.43. The van der Waals surface area contributed by atoms with Crippen LogP contribution in [0.3, 0.4) is 0 Å². The number of hydrogen-bond donors (Lipinski definition) is 5. The molecule has 19 heteroatoms. The third-order valence-corrected chi connectivity index (χ3v) is 8.85. The highest BCUT2D eigenvalue weighted by Crippen LogP contribution is 2.73. The first kappa shape index (κ1) is 29.4. The molecule has 2 aromatic rings. The van der Waals surface area contributed by atoms with Crippen LogP contribution in [0.2, 0.25) is 0 Å². The van der Waals surface area contributed by atoms with E-state index >= 15 is 0 Å². The molecule has 5 atom stereocenters. The Kier molecular flexibility index (Phi) is 8.34. The minimum absolute atomic E-state index is 0.0200. The van der Waals surface area contributed by atoms with E-state index in [-0.39, 0.29) is 12.0 Å². The van der Waals surface area contributed by atoms with Gasteiger partial charge < -0.3 is 34.2 Å². The summed E-state index contributed by atoms with van der Waals surface area (Å²) in [5, 5.41) is 14.9. The van der Waals surface area contributed by atoms with Crippen LogP contribution in [-0.4, -0.2) is 64.4 Å². The Hall–Kier alpha value is -2.20. The van der Waals surface area contributed by atoms with Crippen molar-refractivity contribution >= 4 is 15.2 Å². The quantitative estimate of drug-likeness (QED) is 0.200. The van der Waals surface area contributed by atoms with Crippen LogP contribution in [0.25, 0.3) is 0 Å². The predicted molar refractivity (Wildman–Crippen MR) is 114 cm³/mol. The number of halogens is 4. The molecule has 0 spiro atoms. The molecule has 1 aliphatic rings. The molecule has 37 heavy (non-hydrogen) atoms. The third kappa shape index (κ3) is 5.79. The summed E-state index contributed by atoms with van der Waals surface area (Å²) in [7, 11) is -12.7. The molecule has 1 aromatic heterocycles. The van der Waals surface area contributed by atoms with Crippen molar-refractivity contribution in [2.24, 2.45) is 0 Å². The first-order valence-corrected chi connectivity index (χ1v) is 13.4. The molecule has 0 bridgehead atoms. The highest BCUT2D eigenvalue weighted by atomic mass is 31.2. The number of hydrogen-bond acceptors (Lipinski definition) is 8. The van der Waals surface area contributed by atoms with Gasteiger partial charge in [0.1, 0.15) is 29.9 Å². The lowest BCUT2D eigenvalue weighted by Gasteiger charge is -2.24. The van der Waals surface area contributed by atoms with Gasteiger partial charge in [0, 0.05) is 24.9 Å². The van der Waals surface area contributed by atoms with Gasteiger partial charge in [-0.15, -0.1) is 0 Å². The molecule has 0 saturated carbocycles. The molecule has 0 amide bonds. The fraction of sp³-hybridized carbons (Fsp3) is 0.444. The fourth-order valence-electron chi connectivity index (χ4n) is 3.40. The number of nitrogens with zero attached hydrogens (tertiary/aromatic N) is 2. The van der Waals surface area contributed by atoms with Gasteiger partial charge in [-0.1, -0.05) is 6.07 Å². The van der Waals surface area contributed by atoms with Crippen molar-refractivity contribution in [2.75, 3.05) is 6.61 Å². The maximum Gasteiger partial charge on any atom is 0.443 e. The van der Waals surface area contributed by atoms with E-state index in [1.54, 1.807) is 0 Å². The van der Waals surface area contributed by atoms with Crippen molar-refractivity contribution in [3.05, 3.63) is 68.5 Å². The highest BCUT2D eigenvalue weighted by molar-refractivity contribution is 7.72. The number of ether oxygens (including phenoxy) is 1. The van der Waals surface area contributed by atoms with Crippen LogP contribution in [0.5, 0.6) is 0 Å². The summed E-state index contributed by atoms with van der Waals surface area (Å²) in [6.07, 6.45) is -6.94. The molecule has 5 N–H and O–H groups in total. The average Bonchev–Trinajstić information content (AvgIpc) is 3.06. The van der Waals surface area contributed by atoms with Crippen LogP contribution >= 0.6 is 15.2 Å². The normalized spacial score (nSPS) is 24.2. The molecule has 3 rings (SSSR count). The van der Waals surface area contributed by atoms with Crippen molar-refractivity contribution in [3.63, 3.8) is 0 Å². The Balaban J connectivity index is 1.79. The summed E-state index contributed by atoms with van der Waals surface area (Å²) in [4.78, 5) is 51.6. The maximum absolute atomic E-state index is 13.9. The van der Waals surface area contributed by atoms with Crippen LogP contribution in [0.4, 0.5) is 17.6 Å². The van der Waals surface area contributed by atoms with Gasteiger partial charge in [-0.2, -0.15) is 8.78 Å². The molecular weight excluding hydrogens is 558 g/mol. The summed E-state index contributed by atoms with van der Waals surface area (Å²) in [5.74, 6) is -1.76. The molecule has 1 aromatic carbocycles. The number of benzene rings is 1. The van der Waals surface area contributed by atoms with Gasteiger partial charge in [-0.3, -0.25) is 23.1 Å². The molecule has 1 saturated heterocycles. The molecule has 13 nitrogen and oxygen atoms in total. The summed E-state index contributed by atoms with van der Waals surface area (Å²) in [5.41, 5.74) is -1.99. The minimum atomic E-state index is -6.43. The Labute approximate surface area is 203 Å². The van der Waals surface area contributed by atoms with Crippen LogP contribution in [0.1, 0.15) is 11.8 Å². The van der Waals surface area contributed by atoms with Crippen molar-refractivity contribution in [1.29, 1.82) is 0 Å². The molecule has 1 aliphatic heterocycles. The minimum Gasteiger partial charge on any atom is -0.387 e. The van der Waals surface area contributed by atoms with E-state index in [4.69, 9.17) is 14.5 Å². The predicted octanol–water partition coefficient (Wildman–Crippen LogP) is 0.0801. The third-order valence-electron chi connectivity index (χ3n) is 5.43. The topological polar surface area (TPSA) is 198 Å². The first-order chi connectivity index (χ1) is 17.0. The van der Waals surface area contributed by atoms with Gasteiger partial charge in [0.05, 0.1) is 6.61 Å². The van der Waals surface area contributed by atoms with Crippen LogP contribution in [-0.2, 0) is 31.4 Å². The van der Waals surface area contributed by atoms with E-state index < -0.39 is 81.2 Å². The van der Waals surface area contributed by atoms with Crippen LogP contribution < -0.4 is 11.2 Å². The van der Waals surface area contributed by atoms with Gasteiger partial charge in [-0.25, -0.2) is 13.6 Å². The molecule has 2 unspecified atom stereocenters. The standard InChI is InChI=1S/C18H20F4N2O11P2/c19-10-2-1-9(11(20)7-10)3-5-23-13(25)4-6-24(17(23)28)16-15(27)14(26)12(35-16)8-34-37(32,33)18(21,22)36(29,30)31/h1-2,4,6-7,12,14-16,26-27H,3,5,8H2,(H,32,33)(H2,29,30,31)/t12-,14?,15+,16-/m1/s1. The number of alkyl halides is 2. The van der Waals surface area contributed by atoms with Crippen molar-refractivity contribution in [3.8, 4) is 0 Å².